The number of benzene rings is 1. The van der Waals surface area contributed by atoms with Crippen LogP contribution in [0, 0.1) is 0 Å². The molecule has 84 valence electrons. The lowest BCUT2D eigenvalue weighted by Crippen LogP contribution is -2.27. The highest BCUT2D eigenvalue weighted by atomic mass is 35.5. The molecule has 1 aromatic carbocycles. The molecule has 2 N–H and O–H groups in total. The van der Waals surface area contributed by atoms with E-state index in [0.29, 0.717) is 11.6 Å². The molecule has 0 saturated carbocycles. The van der Waals surface area contributed by atoms with E-state index in [-0.39, 0.29) is 5.41 Å². The Labute approximate surface area is 95.1 Å². The van der Waals surface area contributed by atoms with Gasteiger partial charge >= 0.3 is 0 Å². The Hall–Kier alpha value is -0.770. The molecule has 0 amide bonds. The van der Waals surface area contributed by atoms with Crippen molar-refractivity contribution >= 4 is 11.6 Å². The Balaban J connectivity index is 3.21. The van der Waals surface area contributed by atoms with Crippen molar-refractivity contribution in [2.75, 3.05) is 13.7 Å². The maximum absolute atomic E-state index is 6.15. The van der Waals surface area contributed by atoms with Gasteiger partial charge in [0, 0.05) is 16.0 Å². The van der Waals surface area contributed by atoms with Crippen LogP contribution in [0.15, 0.2) is 18.2 Å². The van der Waals surface area contributed by atoms with Crippen LogP contribution in [0.1, 0.15) is 19.4 Å². The molecule has 0 fully saturated rings. The summed E-state index contributed by atoms with van der Waals surface area (Å²) in [5.41, 5.74) is 0.637. The topological polar surface area (TPSA) is 44.5 Å². The standard InChI is InChI=1S/C11H16ClNO2/c1-11(2,7-15-13)10-8(12)5-4-6-9(10)14-3/h4-6H,7,13H2,1-3H3. The minimum absolute atomic E-state index is 0.279. The second-order valence-electron chi connectivity index (χ2n) is 4.01. The Morgan fingerprint density at radius 1 is 1.40 bits per heavy atom. The summed E-state index contributed by atoms with van der Waals surface area (Å²) in [5.74, 6) is 5.86. The molecule has 1 aromatic rings. The number of halogens is 1. The Morgan fingerprint density at radius 3 is 2.60 bits per heavy atom. The van der Waals surface area contributed by atoms with Gasteiger partial charge in [-0.1, -0.05) is 31.5 Å². The first kappa shape index (κ1) is 12.3. The molecule has 0 unspecified atom stereocenters. The molecule has 3 nitrogen and oxygen atoms in total. The molecular formula is C11H16ClNO2. The van der Waals surface area contributed by atoms with Gasteiger partial charge in [-0.05, 0) is 12.1 Å². The zero-order valence-corrected chi connectivity index (χ0v) is 9.97. The summed E-state index contributed by atoms with van der Waals surface area (Å²) in [6.45, 7) is 4.39. The average molecular weight is 230 g/mol. The molecule has 0 saturated heterocycles. The van der Waals surface area contributed by atoms with Crippen molar-refractivity contribution in [2.24, 2.45) is 5.90 Å². The minimum atomic E-state index is -0.279. The number of nitrogens with two attached hydrogens (primary N) is 1. The van der Waals surface area contributed by atoms with Gasteiger partial charge in [-0.3, -0.25) is 0 Å². The molecule has 0 spiro atoms. The van der Waals surface area contributed by atoms with Crippen LogP contribution in [-0.4, -0.2) is 13.7 Å². The van der Waals surface area contributed by atoms with Crippen LogP contribution in [0.25, 0.3) is 0 Å². The van der Waals surface area contributed by atoms with E-state index in [1.54, 1.807) is 7.11 Å². The molecule has 0 aliphatic rings. The van der Waals surface area contributed by atoms with Gasteiger partial charge in [0.2, 0.25) is 0 Å². The summed E-state index contributed by atoms with van der Waals surface area (Å²) >= 11 is 6.15. The predicted molar refractivity (Wildman–Crippen MR) is 61.2 cm³/mol. The fourth-order valence-electron chi connectivity index (χ4n) is 1.61. The quantitative estimate of drug-likeness (QED) is 0.807. The number of hydrogen-bond donors (Lipinski definition) is 1. The van der Waals surface area contributed by atoms with Crippen LogP contribution in [0.3, 0.4) is 0 Å². The van der Waals surface area contributed by atoms with E-state index in [9.17, 15) is 0 Å². The molecule has 4 heteroatoms. The summed E-state index contributed by atoms with van der Waals surface area (Å²) in [4.78, 5) is 4.70. The largest absolute Gasteiger partial charge is 0.496 e. The predicted octanol–water partition coefficient (Wildman–Crippen LogP) is 2.52. The van der Waals surface area contributed by atoms with Crippen LogP contribution >= 0.6 is 11.6 Å². The van der Waals surface area contributed by atoms with Gasteiger partial charge in [0.1, 0.15) is 5.75 Å². The number of ether oxygens (including phenoxy) is 1. The molecule has 0 heterocycles. The van der Waals surface area contributed by atoms with Crippen molar-refractivity contribution in [3.05, 3.63) is 28.8 Å². The second-order valence-corrected chi connectivity index (χ2v) is 4.42. The number of rotatable bonds is 4. The molecule has 0 aliphatic heterocycles. The summed E-state index contributed by atoms with van der Waals surface area (Å²) in [6, 6.07) is 5.56. The average Bonchev–Trinajstić information content (AvgIpc) is 2.16. The van der Waals surface area contributed by atoms with Crippen LogP contribution in [0.4, 0.5) is 0 Å². The van der Waals surface area contributed by atoms with E-state index in [1.165, 1.54) is 0 Å². The maximum Gasteiger partial charge on any atom is 0.124 e. The zero-order valence-electron chi connectivity index (χ0n) is 9.21. The van der Waals surface area contributed by atoms with Crippen LogP contribution in [-0.2, 0) is 10.3 Å². The van der Waals surface area contributed by atoms with Gasteiger partial charge in [-0.25, -0.2) is 5.90 Å². The third kappa shape index (κ3) is 2.62. The third-order valence-electron chi connectivity index (χ3n) is 2.32. The fraction of sp³-hybridized carbons (Fsp3) is 0.455. The molecule has 15 heavy (non-hydrogen) atoms. The highest BCUT2D eigenvalue weighted by Crippen LogP contribution is 2.37. The molecule has 0 atom stereocenters. The highest BCUT2D eigenvalue weighted by Gasteiger charge is 2.27. The molecule has 0 aliphatic carbocycles. The van der Waals surface area contributed by atoms with Crippen molar-refractivity contribution < 1.29 is 9.57 Å². The van der Waals surface area contributed by atoms with Gasteiger partial charge in [0.05, 0.1) is 13.7 Å². The molecule has 0 bridgehead atoms. The normalized spacial score (nSPS) is 11.5. The van der Waals surface area contributed by atoms with Crippen molar-refractivity contribution in [2.45, 2.75) is 19.3 Å². The van der Waals surface area contributed by atoms with E-state index in [4.69, 9.17) is 27.1 Å². The van der Waals surface area contributed by atoms with Crippen molar-refractivity contribution in [1.29, 1.82) is 0 Å². The van der Waals surface area contributed by atoms with E-state index in [2.05, 4.69) is 0 Å². The van der Waals surface area contributed by atoms with Crippen LogP contribution < -0.4 is 10.6 Å². The smallest absolute Gasteiger partial charge is 0.124 e. The first-order valence-electron chi connectivity index (χ1n) is 4.67. The van der Waals surface area contributed by atoms with Crippen LogP contribution in [0.5, 0.6) is 5.75 Å². The van der Waals surface area contributed by atoms with Crippen molar-refractivity contribution in [3.63, 3.8) is 0 Å². The van der Waals surface area contributed by atoms with Gasteiger partial charge < -0.3 is 9.57 Å². The zero-order chi connectivity index (χ0) is 11.5. The minimum Gasteiger partial charge on any atom is -0.496 e. The van der Waals surface area contributed by atoms with E-state index >= 15 is 0 Å². The lowest BCUT2D eigenvalue weighted by molar-refractivity contribution is 0.0954. The lowest BCUT2D eigenvalue weighted by atomic mass is 9.85. The van der Waals surface area contributed by atoms with E-state index < -0.39 is 0 Å². The van der Waals surface area contributed by atoms with Crippen molar-refractivity contribution in [1.82, 2.24) is 0 Å². The van der Waals surface area contributed by atoms with Gasteiger partial charge in [0.15, 0.2) is 0 Å². The van der Waals surface area contributed by atoms with E-state index in [0.717, 1.165) is 11.3 Å². The summed E-state index contributed by atoms with van der Waals surface area (Å²) in [6.07, 6.45) is 0. The summed E-state index contributed by atoms with van der Waals surface area (Å²) in [5, 5.41) is 0.663. The van der Waals surface area contributed by atoms with Gasteiger partial charge in [-0.15, -0.1) is 0 Å². The number of hydrogen-bond acceptors (Lipinski definition) is 3. The molecule has 0 radical (unpaired) electrons. The SMILES string of the molecule is COc1cccc(Cl)c1C(C)(C)CON. The Morgan fingerprint density at radius 2 is 2.07 bits per heavy atom. The lowest BCUT2D eigenvalue weighted by Gasteiger charge is -2.26. The fourth-order valence-corrected chi connectivity index (χ4v) is 2.03. The maximum atomic E-state index is 6.15. The van der Waals surface area contributed by atoms with Gasteiger partial charge in [0.25, 0.3) is 0 Å². The molecule has 1 rings (SSSR count). The Kier molecular flexibility index (Phi) is 3.97. The van der Waals surface area contributed by atoms with Gasteiger partial charge in [-0.2, -0.15) is 0 Å². The molecular weight excluding hydrogens is 214 g/mol. The van der Waals surface area contributed by atoms with E-state index in [1.807, 2.05) is 32.0 Å². The summed E-state index contributed by atoms with van der Waals surface area (Å²) < 4.78 is 5.28. The highest BCUT2D eigenvalue weighted by molar-refractivity contribution is 6.31. The third-order valence-corrected chi connectivity index (χ3v) is 2.63. The monoisotopic (exact) mass is 229 g/mol. The first-order valence-corrected chi connectivity index (χ1v) is 5.05. The Bertz CT molecular complexity index is 339. The van der Waals surface area contributed by atoms with Crippen molar-refractivity contribution in [3.8, 4) is 5.75 Å². The summed E-state index contributed by atoms with van der Waals surface area (Å²) in [7, 11) is 1.62. The first-order chi connectivity index (χ1) is 7.03. The number of methoxy groups -OCH3 is 1. The second kappa shape index (κ2) is 4.84. The molecule has 0 aromatic heterocycles. The van der Waals surface area contributed by atoms with Crippen LogP contribution in [0.2, 0.25) is 5.02 Å².